The van der Waals surface area contributed by atoms with Gasteiger partial charge in [0.2, 0.25) is 5.91 Å². The Hall–Kier alpha value is -2.29. The molecule has 2 aromatic heterocycles. The number of amides is 3. The van der Waals surface area contributed by atoms with Crippen molar-refractivity contribution in [1.29, 1.82) is 0 Å². The quantitative estimate of drug-likeness (QED) is 0.832. The summed E-state index contributed by atoms with van der Waals surface area (Å²) in [4.78, 5) is 24.7. The number of urea groups is 1. The summed E-state index contributed by atoms with van der Waals surface area (Å²) in [5.74, 6) is 1.17. The summed E-state index contributed by atoms with van der Waals surface area (Å²) in [5, 5.41) is 11.5. The average Bonchev–Trinajstić information content (AvgIpc) is 3.24. The Labute approximate surface area is 130 Å². The second-order valence-electron chi connectivity index (χ2n) is 4.59. The molecule has 0 saturated carbocycles. The van der Waals surface area contributed by atoms with Gasteiger partial charge < -0.3 is 9.73 Å². The second kappa shape index (κ2) is 6.22. The van der Waals surface area contributed by atoms with E-state index >= 15 is 0 Å². The fourth-order valence-electron chi connectivity index (χ4n) is 2.18. The van der Waals surface area contributed by atoms with Crippen LogP contribution in [0.3, 0.4) is 0 Å². The van der Waals surface area contributed by atoms with Gasteiger partial charge in [-0.3, -0.25) is 14.3 Å². The lowest BCUT2D eigenvalue weighted by atomic mass is 10.4. The van der Waals surface area contributed by atoms with Crippen LogP contribution in [0.1, 0.15) is 6.92 Å². The van der Waals surface area contributed by atoms with E-state index in [9.17, 15) is 9.59 Å². The highest BCUT2D eigenvalue weighted by Gasteiger charge is 2.26. The van der Waals surface area contributed by atoms with Gasteiger partial charge in [-0.25, -0.2) is 4.79 Å². The number of carbonyl (C=O) groups excluding carboxylic acids is 2. The van der Waals surface area contributed by atoms with Gasteiger partial charge in [-0.15, -0.1) is 10.2 Å². The molecule has 9 heteroatoms. The molecule has 0 aliphatic carbocycles. The molecule has 2 aromatic rings. The fourth-order valence-corrected chi connectivity index (χ4v) is 3.06. The largest absolute Gasteiger partial charge is 0.461 e. The fraction of sp³-hybridized carbons (Fsp3) is 0.385. The topological polar surface area (TPSA) is 93.3 Å². The van der Waals surface area contributed by atoms with Crippen LogP contribution < -0.4 is 5.32 Å². The number of rotatable bonds is 5. The minimum absolute atomic E-state index is 0.143. The van der Waals surface area contributed by atoms with Crippen molar-refractivity contribution in [3.8, 4) is 11.6 Å². The Morgan fingerprint density at radius 3 is 3.00 bits per heavy atom. The molecule has 3 amide bonds. The summed E-state index contributed by atoms with van der Waals surface area (Å²) in [5.41, 5.74) is 0. The van der Waals surface area contributed by atoms with Gasteiger partial charge >= 0.3 is 6.03 Å². The van der Waals surface area contributed by atoms with Crippen molar-refractivity contribution in [2.45, 2.75) is 18.6 Å². The molecule has 0 unspecified atom stereocenters. The number of carbonyl (C=O) groups is 2. The van der Waals surface area contributed by atoms with Gasteiger partial charge in [0.05, 0.1) is 12.0 Å². The van der Waals surface area contributed by atoms with Crippen LogP contribution in [0.5, 0.6) is 0 Å². The molecule has 0 atom stereocenters. The Balaban J connectivity index is 1.70. The number of imide groups is 1. The standard InChI is InChI=1S/C13H15N5O3S/c1-2-17-11(9-4-3-7-21-9)15-16-13(17)22-8-10(19)18-6-5-14-12(18)20/h3-4,7H,2,5-6,8H2,1H3,(H,14,20). The molecule has 116 valence electrons. The Kier molecular flexibility index (Phi) is 4.14. The zero-order chi connectivity index (χ0) is 15.5. The van der Waals surface area contributed by atoms with E-state index in [1.807, 2.05) is 17.6 Å². The van der Waals surface area contributed by atoms with Gasteiger partial charge in [0.1, 0.15) is 0 Å². The van der Waals surface area contributed by atoms with Crippen molar-refractivity contribution in [2.75, 3.05) is 18.8 Å². The molecule has 8 nitrogen and oxygen atoms in total. The van der Waals surface area contributed by atoms with E-state index in [1.165, 1.54) is 16.7 Å². The van der Waals surface area contributed by atoms with Crippen molar-refractivity contribution < 1.29 is 14.0 Å². The van der Waals surface area contributed by atoms with Crippen molar-refractivity contribution >= 4 is 23.7 Å². The molecule has 1 saturated heterocycles. The third-order valence-corrected chi connectivity index (χ3v) is 4.21. The number of nitrogens with one attached hydrogen (secondary N) is 1. The van der Waals surface area contributed by atoms with E-state index in [1.54, 1.807) is 12.3 Å². The normalized spacial score (nSPS) is 14.4. The third-order valence-electron chi connectivity index (χ3n) is 3.26. The highest BCUT2D eigenvalue weighted by molar-refractivity contribution is 7.99. The maximum Gasteiger partial charge on any atom is 0.324 e. The van der Waals surface area contributed by atoms with Crippen molar-refractivity contribution in [1.82, 2.24) is 25.0 Å². The Bertz CT molecular complexity index is 682. The summed E-state index contributed by atoms with van der Waals surface area (Å²) in [6.07, 6.45) is 1.58. The first kappa shape index (κ1) is 14.6. The summed E-state index contributed by atoms with van der Waals surface area (Å²) >= 11 is 1.26. The summed E-state index contributed by atoms with van der Waals surface area (Å²) in [6, 6.07) is 3.26. The maximum atomic E-state index is 12.0. The molecule has 1 fully saturated rings. The van der Waals surface area contributed by atoms with E-state index < -0.39 is 0 Å². The van der Waals surface area contributed by atoms with Crippen LogP contribution in [-0.4, -0.2) is 50.4 Å². The Morgan fingerprint density at radius 2 is 2.36 bits per heavy atom. The lowest BCUT2D eigenvalue weighted by Crippen LogP contribution is -2.35. The van der Waals surface area contributed by atoms with Crippen LogP contribution in [0.4, 0.5) is 4.79 Å². The van der Waals surface area contributed by atoms with Gasteiger partial charge in [-0.05, 0) is 19.1 Å². The second-order valence-corrected chi connectivity index (χ2v) is 5.54. The first-order valence-corrected chi connectivity index (χ1v) is 7.87. The molecule has 3 heterocycles. The lowest BCUT2D eigenvalue weighted by molar-refractivity contribution is -0.124. The number of thioether (sulfide) groups is 1. The number of furan rings is 1. The molecule has 0 aromatic carbocycles. The van der Waals surface area contributed by atoms with Crippen LogP contribution in [0.2, 0.25) is 0 Å². The van der Waals surface area contributed by atoms with Crippen molar-refractivity contribution in [3.05, 3.63) is 18.4 Å². The van der Waals surface area contributed by atoms with Crippen molar-refractivity contribution in [3.63, 3.8) is 0 Å². The summed E-state index contributed by atoms with van der Waals surface area (Å²) < 4.78 is 7.21. The zero-order valence-corrected chi connectivity index (χ0v) is 12.8. The van der Waals surface area contributed by atoms with Crippen LogP contribution in [-0.2, 0) is 11.3 Å². The first-order valence-electron chi connectivity index (χ1n) is 6.88. The van der Waals surface area contributed by atoms with Gasteiger partial charge in [0.25, 0.3) is 0 Å². The predicted molar refractivity (Wildman–Crippen MR) is 79.2 cm³/mol. The smallest absolute Gasteiger partial charge is 0.324 e. The zero-order valence-electron chi connectivity index (χ0n) is 12.0. The van der Waals surface area contributed by atoms with E-state index in [0.717, 1.165) is 0 Å². The highest BCUT2D eigenvalue weighted by Crippen LogP contribution is 2.24. The minimum Gasteiger partial charge on any atom is -0.461 e. The molecule has 1 aliphatic heterocycles. The molecular formula is C13H15N5O3S. The number of aromatic nitrogens is 3. The first-order chi connectivity index (χ1) is 10.7. The third kappa shape index (κ3) is 2.71. The van der Waals surface area contributed by atoms with E-state index in [4.69, 9.17) is 4.42 Å². The molecular weight excluding hydrogens is 306 g/mol. The van der Waals surface area contributed by atoms with Crippen molar-refractivity contribution in [2.24, 2.45) is 0 Å². The molecule has 1 N–H and O–H groups in total. The molecule has 1 aliphatic rings. The molecule has 22 heavy (non-hydrogen) atoms. The Morgan fingerprint density at radius 1 is 1.50 bits per heavy atom. The van der Waals surface area contributed by atoms with Gasteiger partial charge in [0.15, 0.2) is 16.7 Å². The highest BCUT2D eigenvalue weighted by atomic mass is 32.2. The average molecular weight is 321 g/mol. The predicted octanol–water partition coefficient (Wildman–Crippen LogP) is 1.20. The lowest BCUT2D eigenvalue weighted by Gasteiger charge is -2.11. The number of nitrogens with zero attached hydrogens (tertiary/aromatic N) is 4. The molecule has 0 bridgehead atoms. The van der Waals surface area contributed by atoms with Crippen LogP contribution in [0.15, 0.2) is 28.0 Å². The minimum atomic E-state index is -0.334. The molecule has 3 rings (SSSR count). The van der Waals surface area contributed by atoms with E-state index in [-0.39, 0.29) is 17.7 Å². The molecule has 0 radical (unpaired) electrons. The van der Waals surface area contributed by atoms with Gasteiger partial charge in [-0.1, -0.05) is 11.8 Å². The van der Waals surface area contributed by atoms with Crippen LogP contribution >= 0.6 is 11.8 Å². The summed E-state index contributed by atoms with van der Waals surface area (Å²) in [6.45, 7) is 3.54. The molecule has 0 spiro atoms. The monoisotopic (exact) mass is 321 g/mol. The number of hydrogen-bond donors (Lipinski definition) is 1. The summed E-state index contributed by atoms with van der Waals surface area (Å²) in [7, 11) is 0. The van der Waals surface area contributed by atoms with E-state index in [0.29, 0.717) is 36.4 Å². The SMILES string of the molecule is CCn1c(SCC(=O)N2CCNC2=O)nnc1-c1ccco1. The van der Waals surface area contributed by atoms with Gasteiger partial charge in [0, 0.05) is 19.6 Å². The number of hydrogen-bond acceptors (Lipinski definition) is 6. The van der Waals surface area contributed by atoms with Crippen LogP contribution in [0, 0.1) is 0 Å². The maximum absolute atomic E-state index is 12.0. The van der Waals surface area contributed by atoms with Gasteiger partial charge in [-0.2, -0.15) is 0 Å². The van der Waals surface area contributed by atoms with Crippen LogP contribution in [0.25, 0.3) is 11.6 Å². The van der Waals surface area contributed by atoms with E-state index in [2.05, 4.69) is 15.5 Å².